The average Bonchev–Trinajstić information content (AvgIpc) is 3.67. The van der Waals surface area contributed by atoms with Gasteiger partial charge in [0, 0.05) is 5.38 Å². The molecule has 6 rings (SSSR count). The van der Waals surface area contributed by atoms with E-state index in [0.717, 1.165) is 24.2 Å². The number of rotatable bonds is 12. The third-order valence-corrected chi connectivity index (χ3v) is 10.9. The highest BCUT2D eigenvalue weighted by atomic mass is 32.1. The minimum Gasteiger partial charge on any atom is -0.496 e. The maximum Gasteiger partial charge on any atom is 0.482 e. The highest BCUT2D eigenvalue weighted by molar-refractivity contribution is 7.14. The van der Waals surface area contributed by atoms with E-state index in [9.17, 15) is 19.2 Å². The molecule has 4 aliphatic rings. The predicted molar refractivity (Wildman–Crippen MR) is 202 cm³/mol. The van der Waals surface area contributed by atoms with Gasteiger partial charge in [0.25, 0.3) is 5.91 Å². The molecule has 3 aliphatic carbocycles. The molecule has 3 amide bonds. The van der Waals surface area contributed by atoms with Crippen molar-refractivity contribution in [1.29, 1.82) is 0 Å². The first kappa shape index (κ1) is 41.0. The molecule has 17 heteroatoms. The summed E-state index contributed by atoms with van der Waals surface area (Å²) in [6, 6.07) is 5.18. The lowest BCUT2D eigenvalue weighted by Crippen LogP contribution is -2.65. The van der Waals surface area contributed by atoms with Gasteiger partial charge < -0.3 is 44.3 Å². The Hall–Kier alpha value is -4.22. The number of ether oxygens (including phenoxy) is 3. The van der Waals surface area contributed by atoms with E-state index < -0.39 is 53.7 Å². The molecule has 2 bridgehead atoms. The predicted octanol–water partition coefficient (Wildman–Crippen LogP) is 4.92. The van der Waals surface area contributed by atoms with Crippen molar-refractivity contribution in [3.8, 4) is 5.75 Å². The van der Waals surface area contributed by atoms with Crippen LogP contribution in [0.25, 0.3) is 0 Å². The van der Waals surface area contributed by atoms with E-state index in [4.69, 9.17) is 28.4 Å². The fraction of sp³-hybridized carbons (Fsp3) is 0.622. The lowest BCUT2D eigenvalue weighted by molar-refractivity contribution is -0.199. The maximum absolute atomic E-state index is 14.1. The zero-order valence-corrected chi connectivity index (χ0v) is 33.7. The molecule has 0 radical (unpaired) electrons. The molecule has 1 saturated heterocycles. The zero-order chi connectivity index (χ0) is 39.8. The summed E-state index contributed by atoms with van der Waals surface area (Å²) in [5, 5.41) is 13.7. The Bertz CT molecular complexity index is 1790. The first-order valence-corrected chi connectivity index (χ1v) is 18.9. The van der Waals surface area contributed by atoms with Gasteiger partial charge in [-0.05, 0) is 96.6 Å². The SMILES string of the molecule is CO/N=C(/C(=O)N[C@@H](Cc1cccc(C(=O)OC(C)(C)C)c1OC)B1OC2CC3CC(C3(C)C)C2(C)O1)c1csc(NC(=O)CNC(=O)OC(C)(C)C)n1. The lowest BCUT2D eigenvalue weighted by atomic mass is 9.43. The molecule has 0 spiro atoms. The Morgan fingerprint density at radius 1 is 1.06 bits per heavy atom. The number of amides is 3. The first-order valence-electron chi connectivity index (χ1n) is 18.0. The van der Waals surface area contributed by atoms with E-state index in [2.05, 4.69) is 46.9 Å². The van der Waals surface area contributed by atoms with Crippen molar-refractivity contribution in [2.45, 2.75) is 110 Å². The van der Waals surface area contributed by atoms with Crippen molar-refractivity contribution in [3.05, 3.63) is 40.4 Å². The van der Waals surface area contributed by atoms with Crippen LogP contribution in [-0.4, -0.2) is 91.3 Å². The van der Waals surface area contributed by atoms with Crippen molar-refractivity contribution < 1.29 is 47.5 Å². The van der Waals surface area contributed by atoms with Crippen LogP contribution in [0.1, 0.15) is 96.8 Å². The zero-order valence-electron chi connectivity index (χ0n) is 32.9. The van der Waals surface area contributed by atoms with Gasteiger partial charge in [-0.15, -0.1) is 11.3 Å². The topological polar surface area (TPSA) is 185 Å². The van der Waals surface area contributed by atoms with Crippen LogP contribution >= 0.6 is 11.3 Å². The molecule has 5 atom stereocenters. The number of nitrogens with zero attached hydrogens (tertiary/aromatic N) is 2. The van der Waals surface area contributed by atoms with Crippen LogP contribution in [-0.2, 0) is 39.6 Å². The quantitative estimate of drug-likeness (QED) is 0.115. The summed E-state index contributed by atoms with van der Waals surface area (Å²) in [7, 11) is 1.92. The minimum atomic E-state index is -0.861. The summed E-state index contributed by atoms with van der Waals surface area (Å²) in [6.07, 6.45) is 1.13. The normalized spacial score (nSPS) is 23.6. The Kier molecular flexibility index (Phi) is 11.8. The molecule has 1 aliphatic heterocycles. The number of alkyl carbamates (subject to hydrolysis) is 1. The average molecular weight is 770 g/mol. The van der Waals surface area contributed by atoms with Crippen molar-refractivity contribution in [1.82, 2.24) is 15.6 Å². The van der Waals surface area contributed by atoms with Crippen LogP contribution in [0.5, 0.6) is 5.75 Å². The van der Waals surface area contributed by atoms with Gasteiger partial charge >= 0.3 is 19.2 Å². The third-order valence-electron chi connectivity index (χ3n) is 10.2. The van der Waals surface area contributed by atoms with Crippen LogP contribution in [0.4, 0.5) is 9.93 Å². The molecule has 2 aromatic rings. The Morgan fingerprint density at radius 2 is 1.76 bits per heavy atom. The molecule has 3 N–H and O–H groups in total. The van der Waals surface area contributed by atoms with Crippen LogP contribution in [0, 0.1) is 17.3 Å². The molecule has 4 unspecified atom stereocenters. The molecule has 15 nitrogen and oxygen atoms in total. The van der Waals surface area contributed by atoms with Gasteiger partial charge in [-0.2, -0.15) is 0 Å². The maximum atomic E-state index is 14.1. The summed E-state index contributed by atoms with van der Waals surface area (Å²) < 4.78 is 30.0. The number of carbonyl (C=O) groups is 4. The number of anilines is 1. The van der Waals surface area contributed by atoms with Gasteiger partial charge in [0.15, 0.2) is 10.8 Å². The van der Waals surface area contributed by atoms with Crippen LogP contribution in [0.2, 0.25) is 0 Å². The number of carbonyl (C=O) groups excluding carboxylic acids is 4. The highest BCUT2D eigenvalue weighted by Crippen LogP contribution is 2.65. The third kappa shape index (κ3) is 9.00. The smallest absolute Gasteiger partial charge is 0.482 e. The summed E-state index contributed by atoms with van der Waals surface area (Å²) in [6.45, 7) is 16.8. The molecule has 1 aromatic carbocycles. The highest BCUT2D eigenvalue weighted by Gasteiger charge is 2.68. The second kappa shape index (κ2) is 15.5. The van der Waals surface area contributed by atoms with E-state index in [1.165, 1.54) is 14.2 Å². The fourth-order valence-electron chi connectivity index (χ4n) is 7.61. The van der Waals surface area contributed by atoms with Gasteiger partial charge in [-0.3, -0.25) is 9.59 Å². The second-order valence-corrected chi connectivity index (χ2v) is 17.5. The molecular weight excluding hydrogens is 717 g/mol. The number of aromatic nitrogens is 1. The standard InChI is InChI=1S/C37H52BN5O10S/c1-34(2,3)50-31(46)22-14-12-13-20(29(22)48-10)15-26(38-52-25-17-21-16-24(36(21,7)8)37(25,9)53-38)41-30(45)28(43-49-11)23-19-54-32(40-23)42-27(44)18-39-33(47)51-35(4,5)6/h12-14,19,21,24-26H,15-18H2,1-11H3,(H,39,47)(H,41,45)(H,40,42,44)/b43-28+/t21?,24?,25?,26-,37?/m0/s1. The Morgan fingerprint density at radius 3 is 2.39 bits per heavy atom. The van der Waals surface area contributed by atoms with E-state index in [-0.39, 0.29) is 52.5 Å². The van der Waals surface area contributed by atoms with Gasteiger partial charge in [-0.1, -0.05) is 31.1 Å². The largest absolute Gasteiger partial charge is 0.496 e. The fourth-order valence-corrected chi connectivity index (χ4v) is 8.32. The minimum absolute atomic E-state index is 0.0923. The summed E-state index contributed by atoms with van der Waals surface area (Å²) in [5.74, 6) is -1.44. The lowest BCUT2D eigenvalue weighted by Gasteiger charge is -2.64. The van der Waals surface area contributed by atoms with Gasteiger partial charge in [0.2, 0.25) is 5.91 Å². The molecular formula is C37H52BN5O10S. The molecule has 4 fully saturated rings. The number of esters is 1. The van der Waals surface area contributed by atoms with Crippen LogP contribution < -0.4 is 20.7 Å². The van der Waals surface area contributed by atoms with Gasteiger partial charge in [-0.25, -0.2) is 14.6 Å². The molecule has 1 aromatic heterocycles. The number of oxime groups is 1. The molecule has 2 heterocycles. The monoisotopic (exact) mass is 769 g/mol. The Labute approximate surface area is 320 Å². The molecule has 3 saturated carbocycles. The van der Waals surface area contributed by atoms with E-state index in [0.29, 0.717) is 17.2 Å². The number of hydrogen-bond donors (Lipinski definition) is 3. The van der Waals surface area contributed by atoms with E-state index in [1.807, 2.05) is 6.07 Å². The van der Waals surface area contributed by atoms with Crippen molar-refractivity contribution >= 4 is 53.2 Å². The van der Waals surface area contributed by atoms with Crippen molar-refractivity contribution in [2.24, 2.45) is 22.4 Å². The van der Waals surface area contributed by atoms with Gasteiger partial charge in [0.05, 0.1) is 24.8 Å². The van der Waals surface area contributed by atoms with E-state index >= 15 is 0 Å². The Balaban J connectivity index is 1.38. The number of thiazole rings is 1. The summed E-state index contributed by atoms with van der Waals surface area (Å²) >= 11 is 1.06. The summed E-state index contributed by atoms with van der Waals surface area (Å²) in [5.41, 5.74) is -1.10. The van der Waals surface area contributed by atoms with Crippen molar-refractivity contribution in [3.63, 3.8) is 0 Å². The second-order valence-electron chi connectivity index (χ2n) is 16.7. The number of nitrogens with one attached hydrogen (secondary N) is 3. The van der Waals surface area contributed by atoms with Crippen molar-refractivity contribution in [2.75, 3.05) is 26.1 Å². The number of benzene rings is 1. The molecule has 294 valence electrons. The summed E-state index contributed by atoms with van der Waals surface area (Å²) in [4.78, 5) is 61.4. The first-order chi connectivity index (χ1) is 25.1. The van der Waals surface area contributed by atoms with Crippen LogP contribution in [0.3, 0.4) is 0 Å². The van der Waals surface area contributed by atoms with Crippen LogP contribution in [0.15, 0.2) is 28.7 Å². The number of para-hydroxylation sites is 1. The van der Waals surface area contributed by atoms with E-state index in [1.54, 1.807) is 59.1 Å². The molecule has 54 heavy (non-hydrogen) atoms. The number of methoxy groups -OCH3 is 1. The number of hydrogen-bond acceptors (Lipinski definition) is 13. The van der Waals surface area contributed by atoms with Gasteiger partial charge in [0.1, 0.15) is 41.9 Å².